The minimum Gasteiger partial charge on any atom is -0.435 e. The molecule has 1 aliphatic heterocycles. The summed E-state index contributed by atoms with van der Waals surface area (Å²) in [7, 11) is 0. The number of nitrogens with one attached hydrogen (secondary N) is 1. The molecule has 1 aromatic carbocycles. The van der Waals surface area contributed by atoms with Gasteiger partial charge in [0.05, 0.1) is 11.3 Å². The maximum Gasteiger partial charge on any atom is 0.387 e. The van der Waals surface area contributed by atoms with Gasteiger partial charge in [-0.2, -0.15) is 8.78 Å². The van der Waals surface area contributed by atoms with Gasteiger partial charge in [-0.15, -0.1) is 0 Å². The molecule has 1 saturated heterocycles. The SMILES string of the molecule is Cc1ncc(C(=O)NC(C)C2CC2)c(N2CC[C@](C)(N)C2)c1-c1cc(F)cc(OC(F)F)c1. The van der Waals surface area contributed by atoms with E-state index in [-0.39, 0.29) is 17.7 Å². The Kier molecular flexibility index (Phi) is 6.26. The topological polar surface area (TPSA) is 80.5 Å². The first-order chi connectivity index (χ1) is 15.5. The average Bonchev–Trinajstić information content (AvgIpc) is 3.49. The molecule has 2 atom stereocenters. The number of rotatable bonds is 7. The standard InChI is InChI=1S/C24H29F3N4O2/c1-13(15-4-5-15)30-22(32)19-11-29-14(2)20(21(19)31-7-6-24(3,28)12-31)16-8-17(25)10-18(9-16)33-23(26)27/h8-11,13,15,23H,4-7,12,28H2,1-3H3,(H,30,32)/t13?,24-/m0/s1. The van der Waals surface area contributed by atoms with Gasteiger partial charge in [-0.25, -0.2) is 4.39 Å². The first-order valence-electron chi connectivity index (χ1n) is 11.1. The molecular formula is C24H29F3N4O2. The van der Waals surface area contributed by atoms with Crippen molar-refractivity contribution in [1.82, 2.24) is 10.3 Å². The van der Waals surface area contributed by atoms with Crippen LogP contribution in [0.2, 0.25) is 0 Å². The molecule has 3 N–H and O–H groups in total. The van der Waals surface area contributed by atoms with Crippen molar-refractivity contribution in [3.63, 3.8) is 0 Å². The van der Waals surface area contributed by atoms with Gasteiger partial charge in [-0.1, -0.05) is 0 Å². The smallest absolute Gasteiger partial charge is 0.387 e. The number of aryl methyl sites for hydroxylation is 1. The van der Waals surface area contributed by atoms with E-state index < -0.39 is 18.0 Å². The van der Waals surface area contributed by atoms with Gasteiger partial charge >= 0.3 is 6.61 Å². The predicted molar refractivity (Wildman–Crippen MR) is 120 cm³/mol. The van der Waals surface area contributed by atoms with E-state index >= 15 is 0 Å². The Balaban J connectivity index is 1.84. The van der Waals surface area contributed by atoms with Crippen LogP contribution in [0, 0.1) is 18.7 Å². The highest BCUT2D eigenvalue weighted by Gasteiger charge is 2.35. The Morgan fingerprint density at radius 1 is 1.33 bits per heavy atom. The van der Waals surface area contributed by atoms with E-state index in [9.17, 15) is 18.0 Å². The molecular weight excluding hydrogens is 433 g/mol. The van der Waals surface area contributed by atoms with Crippen LogP contribution in [0.5, 0.6) is 5.75 Å². The minimum atomic E-state index is -3.09. The van der Waals surface area contributed by atoms with Crippen molar-refractivity contribution in [1.29, 1.82) is 0 Å². The fraction of sp³-hybridized carbons (Fsp3) is 0.500. The molecule has 4 rings (SSSR count). The second kappa shape index (κ2) is 8.85. The van der Waals surface area contributed by atoms with Crippen molar-refractivity contribution < 1.29 is 22.7 Å². The third-order valence-corrected chi connectivity index (χ3v) is 6.38. The molecule has 1 unspecified atom stereocenters. The number of anilines is 1. The maximum absolute atomic E-state index is 14.4. The van der Waals surface area contributed by atoms with Gasteiger partial charge in [0.1, 0.15) is 11.6 Å². The molecule has 0 bridgehead atoms. The Morgan fingerprint density at radius 2 is 2.06 bits per heavy atom. The van der Waals surface area contributed by atoms with E-state index in [4.69, 9.17) is 5.73 Å². The van der Waals surface area contributed by atoms with Crippen molar-refractivity contribution in [3.8, 4) is 16.9 Å². The molecule has 2 aromatic rings. The molecule has 0 radical (unpaired) electrons. The Morgan fingerprint density at radius 3 is 2.67 bits per heavy atom. The van der Waals surface area contributed by atoms with E-state index in [0.29, 0.717) is 53.5 Å². The van der Waals surface area contributed by atoms with E-state index in [2.05, 4.69) is 15.0 Å². The molecule has 2 aliphatic rings. The zero-order valence-corrected chi connectivity index (χ0v) is 19.0. The van der Waals surface area contributed by atoms with Crippen molar-refractivity contribution in [2.24, 2.45) is 11.7 Å². The number of carbonyl (C=O) groups excluding carboxylic acids is 1. The number of nitrogens with two attached hydrogens (primary N) is 1. The third-order valence-electron chi connectivity index (χ3n) is 6.38. The molecule has 2 fully saturated rings. The van der Waals surface area contributed by atoms with Gasteiger partial charge < -0.3 is 20.7 Å². The monoisotopic (exact) mass is 462 g/mol. The summed E-state index contributed by atoms with van der Waals surface area (Å²) in [6, 6.07) is 3.50. The summed E-state index contributed by atoms with van der Waals surface area (Å²) < 4.78 is 44.5. The lowest BCUT2D eigenvalue weighted by molar-refractivity contribution is -0.0499. The molecule has 1 amide bonds. The van der Waals surface area contributed by atoms with Crippen molar-refractivity contribution in [2.75, 3.05) is 18.0 Å². The summed E-state index contributed by atoms with van der Waals surface area (Å²) in [6.07, 6.45) is 4.39. The van der Waals surface area contributed by atoms with Crippen LogP contribution in [0.25, 0.3) is 11.1 Å². The molecule has 1 saturated carbocycles. The van der Waals surface area contributed by atoms with Gasteiger partial charge in [0.25, 0.3) is 5.91 Å². The van der Waals surface area contributed by atoms with Crippen LogP contribution in [-0.2, 0) is 0 Å². The van der Waals surface area contributed by atoms with Gasteiger partial charge in [0.2, 0.25) is 0 Å². The van der Waals surface area contributed by atoms with Gasteiger partial charge in [0.15, 0.2) is 0 Å². The molecule has 9 heteroatoms. The van der Waals surface area contributed by atoms with Crippen LogP contribution >= 0.6 is 0 Å². The summed E-state index contributed by atoms with van der Waals surface area (Å²) in [6.45, 7) is 3.65. The number of alkyl halides is 2. The van der Waals surface area contributed by atoms with E-state index in [0.717, 1.165) is 18.9 Å². The van der Waals surface area contributed by atoms with Crippen LogP contribution in [-0.4, -0.2) is 42.2 Å². The summed E-state index contributed by atoms with van der Waals surface area (Å²) in [5.74, 6) is -0.834. The number of carbonyl (C=O) groups is 1. The van der Waals surface area contributed by atoms with Crippen LogP contribution in [0.4, 0.5) is 18.9 Å². The van der Waals surface area contributed by atoms with Crippen molar-refractivity contribution in [3.05, 3.63) is 41.5 Å². The number of nitrogens with zero attached hydrogens (tertiary/aromatic N) is 2. The summed E-state index contributed by atoms with van der Waals surface area (Å²) in [5.41, 5.74) is 8.17. The molecule has 1 aliphatic carbocycles. The number of pyridine rings is 1. The van der Waals surface area contributed by atoms with Crippen LogP contribution in [0.15, 0.2) is 24.4 Å². The molecule has 0 spiro atoms. The zero-order valence-electron chi connectivity index (χ0n) is 19.0. The maximum atomic E-state index is 14.4. The quantitative estimate of drug-likeness (QED) is 0.643. The molecule has 6 nitrogen and oxygen atoms in total. The zero-order chi connectivity index (χ0) is 23.9. The second-order valence-electron chi connectivity index (χ2n) is 9.46. The summed E-state index contributed by atoms with van der Waals surface area (Å²) >= 11 is 0. The van der Waals surface area contributed by atoms with Gasteiger partial charge in [-0.3, -0.25) is 9.78 Å². The first-order valence-corrected chi connectivity index (χ1v) is 11.1. The van der Waals surface area contributed by atoms with Gasteiger partial charge in [-0.05, 0) is 63.6 Å². The highest BCUT2D eigenvalue weighted by Crippen LogP contribution is 2.40. The number of hydrogen-bond acceptors (Lipinski definition) is 5. The third kappa shape index (κ3) is 5.24. The lowest BCUT2D eigenvalue weighted by Gasteiger charge is -2.28. The molecule has 1 aromatic heterocycles. The van der Waals surface area contributed by atoms with Crippen molar-refractivity contribution in [2.45, 2.75) is 58.2 Å². The molecule has 178 valence electrons. The fourth-order valence-corrected chi connectivity index (χ4v) is 4.49. The highest BCUT2D eigenvalue weighted by atomic mass is 19.3. The highest BCUT2D eigenvalue weighted by molar-refractivity contribution is 6.04. The Bertz CT molecular complexity index is 1060. The average molecular weight is 463 g/mol. The summed E-state index contributed by atoms with van der Waals surface area (Å²) in [4.78, 5) is 19.7. The number of benzene rings is 1. The van der Waals surface area contributed by atoms with E-state index in [1.165, 1.54) is 18.3 Å². The van der Waals surface area contributed by atoms with Crippen LogP contribution < -0.4 is 20.7 Å². The Labute approximate surface area is 191 Å². The first kappa shape index (κ1) is 23.4. The van der Waals surface area contributed by atoms with Crippen LogP contribution in [0.1, 0.15) is 49.2 Å². The number of halogens is 3. The number of ether oxygens (including phenoxy) is 1. The fourth-order valence-electron chi connectivity index (χ4n) is 4.49. The Hall–Kier alpha value is -2.81. The largest absolute Gasteiger partial charge is 0.435 e. The normalized spacial score (nSPS) is 21.4. The second-order valence-corrected chi connectivity index (χ2v) is 9.46. The lowest BCUT2D eigenvalue weighted by Crippen LogP contribution is -2.40. The van der Waals surface area contributed by atoms with Gasteiger partial charge in [0, 0.05) is 48.2 Å². The lowest BCUT2D eigenvalue weighted by atomic mass is 9.97. The number of hydrogen-bond donors (Lipinski definition) is 2. The minimum absolute atomic E-state index is 0.0219. The van der Waals surface area contributed by atoms with E-state index in [1.54, 1.807) is 6.92 Å². The molecule has 2 heterocycles. The van der Waals surface area contributed by atoms with Crippen molar-refractivity contribution >= 4 is 11.6 Å². The predicted octanol–water partition coefficient (Wildman–Crippen LogP) is 4.25. The summed E-state index contributed by atoms with van der Waals surface area (Å²) in [5, 5.41) is 3.05. The number of aromatic nitrogens is 1. The number of amides is 1. The molecule has 33 heavy (non-hydrogen) atoms. The van der Waals surface area contributed by atoms with Crippen LogP contribution in [0.3, 0.4) is 0 Å². The van der Waals surface area contributed by atoms with E-state index in [1.807, 2.05) is 18.7 Å².